The number of carbonyl (C=O) groups is 2. The lowest BCUT2D eigenvalue weighted by atomic mass is 10.0. The molecule has 166 valence electrons. The summed E-state index contributed by atoms with van der Waals surface area (Å²) in [6.07, 6.45) is 6.77. The van der Waals surface area contributed by atoms with Crippen LogP contribution < -0.4 is 0 Å². The van der Waals surface area contributed by atoms with Gasteiger partial charge in [-0.1, -0.05) is 98.7 Å². The highest BCUT2D eigenvalue weighted by molar-refractivity contribution is 7.20. The fraction of sp³-hybridized carbons (Fsp3) is 0.357. The number of hydrogen-bond acceptors (Lipinski definition) is 3. The zero-order valence-electron chi connectivity index (χ0n) is 19.2. The maximum atomic E-state index is 13.5. The Hall–Kier alpha value is -2.72. The number of unbranched alkanes of at least 4 members (excludes halogenated alkanes) is 5. The van der Waals surface area contributed by atoms with Crippen molar-refractivity contribution in [2.45, 2.75) is 59.3 Å². The van der Waals surface area contributed by atoms with E-state index in [2.05, 4.69) is 45.0 Å². The van der Waals surface area contributed by atoms with E-state index in [9.17, 15) is 9.59 Å². The van der Waals surface area contributed by atoms with E-state index in [-0.39, 0.29) is 11.8 Å². The van der Waals surface area contributed by atoms with Crippen molar-refractivity contribution in [1.29, 1.82) is 0 Å². The maximum absolute atomic E-state index is 13.5. The first kappa shape index (κ1) is 22.5. The highest BCUT2D eigenvalue weighted by atomic mass is 32.1. The first-order valence-corrected chi connectivity index (χ1v) is 12.5. The number of thiophene rings is 1. The van der Waals surface area contributed by atoms with Crippen LogP contribution in [-0.2, 0) is 0 Å². The molecule has 0 radical (unpaired) electrons. The summed E-state index contributed by atoms with van der Waals surface area (Å²) in [5.74, 6) is -0.268. The molecule has 1 aromatic heterocycles. The first-order chi connectivity index (χ1) is 15.5. The summed E-state index contributed by atoms with van der Waals surface area (Å²) in [7, 11) is 0. The van der Waals surface area contributed by atoms with E-state index in [1.807, 2.05) is 24.3 Å². The molecule has 3 nitrogen and oxygen atoms in total. The molecule has 0 bridgehead atoms. The Bertz CT molecular complexity index is 1060. The number of nitrogens with zero attached hydrogens (tertiary/aromatic N) is 1. The van der Waals surface area contributed by atoms with Crippen LogP contribution >= 0.6 is 11.3 Å². The fourth-order valence-electron chi connectivity index (χ4n) is 4.43. The molecular weight excluding hydrogens is 414 g/mol. The van der Waals surface area contributed by atoms with E-state index >= 15 is 0 Å². The third-order valence-electron chi connectivity index (χ3n) is 6.12. The van der Waals surface area contributed by atoms with Crippen LogP contribution in [0, 0.1) is 13.8 Å². The lowest BCUT2D eigenvalue weighted by Gasteiger charge is -2.15. The predicted molar refractivity (Wildman–Crippen MR) is 133 cm³/mol. The standard InChI is InChI=1S/C28H31NO2S/c1-4-5-6-7-8-9-16-29-27(30)23-24(28(29)31)26(22-15-11-13-20(3)18-22)32-25(23)21-14-10-12-19(2)17-21/h10-15,17-18H,4-9,16H2,1-3H3. The number of hydrogen-bond donors (Lipinski definition) is 0. The van der Waals surface area contributed by atoms with E-state index in [0.717, 1.165) is 51.3 Å². The van der Waals surface area contributed by atoms with E-state index in [1.54, 1.807) is 11.3 Å². The molecule has 2 heterocycles. The highest BCUT2D eigenvalue weighted by Gasteiger charge is 2.41. The number of fused-ring (bicyclic) bond motifs is 1. The summed E-state index contributed by atoms with van der Waals surface area (Å²) >= 11 is 1.56. The van der Waals surface area contributed by atoms with Gasteiger partial charge in [-0.3, -0.25) is 14.5 Å². The molecule has 0 saturated heterocycles. The second-order valence-corrected chi connectivity index (χ2v) is 9.80. The van der Waals surface area contributed by atoms with Crippen molar-refractivity contribution in [3.05, 3.63) is 70.8 Å². The summed E-state index contributed by atoms with van der Waals surface area (Å²) in [5, 5.41) is 0. The Kier molecular flexibility index (Phi) is 6.90. The highest BCUT2D eigenvalue weighted by Crippen LogP contribution is 2.46. The fourth-order valence-corrected chi connectivity index (χ4v) is 5.71. The van der Waals surface area contributed by atoms with Gasteiger partial charge in [-0.25, -0.2) is 0 Å². The Morgan fingerprint density at radius 3 is 1.72 bits per heavy atom. The molecule has 0 aliphatic carbocycles. The molecule has 0 saturated carbocycles. The molecule has 4 rings (SSSR count). The van der Waals surface area contributed by atoms with Gasteiger partial charge in [0.05, 0.1) is 11.1 Å². The Morgan fingerprint density at radius 1 is 0.719 bits per heavy atom. The molecule has 0 atom stereocenters. The second-order valence-electron chi connectivity index (χ2n) is 8.78. The predicted octanol–water partition coefficient (Wildman–Crippen LogP) is 7.66. The zero-order chi connectivity index (χ0) is 22.7. The monoisotopic (exact) mass is 445 g/mol. The minimum Gasteiger partial charge on any atom is -0.274 e. The molecule has 0 fully saturated rings. The summed E-state index contributed by atoms with van der Waals surface area (Å²) in [5.41, 5.74) is 5.48. The van der Waals surface area contributed by atoms with Gasteiger partial charge in [0.15, 0.2) is 0 Å². The third kappa shape index (κ3) is 4.42. The number of carbonyl (C=O) groups excluding carboxylic acids is 2. The van der Waals surface area contributed by atoms with E-state index < -0.39 is 0 Å². The SMILES string of the molecule is CCCCCCCCN1C(=O)c2c(-c3cccc(C)c3)sc(-c3cccc(C)c3)c2C1=O. The maximum Gasteiger partial charge on any atom is 0.263 e. The van der Waals surface area contributed by atoms with Crippen LogP contribution in [0.3, 0.4) is 0 Å². The normalized spacial score (nSPS) is 13.2. The summed E-state index contributed by atoms with van der Waals surface area (Å²) in [6, 6.07) is 16.4. The van der Waals surface area contributed by atoms with Crippen molar-refractivity contribution >= 4 is 23.2 Å². The van der Waals surface area contributed by atoms with Crippen LogP contribution in [0.2, 0.25) is 0 Å². The lowest BCUT2D eigenvalue weighted by molar-refractivity contribution is 0.0652. The molecule has 2 amide bonds. The van der Waals surface area contributed by atoms with Gasteiger partial charge in [-0.15, -0.1) is 11.3 Å². The van der Waals surface area contributed by atoms with Crippen molar-refractivity contribution in [3.63, 3.8) is 0 Å². The average molecular weight is 446 g/mol. The van der Waals surface area contributed by atoms with Gasteiger partial charge in [0.1, 0.15) is 0 Å². The van der Waals surface area contributed by atoms with E-state index in [4.69, 9.17) is 0 Å². The quantitative estimate of drug-likeness (QED) is 0.250. The van der Waals surface area contributed by atoms with Crippen LogP contribution in [0.1, 0.15) is 77.3 Å². The topological polar surface area (TPSA) is 37.4 Å². The van der Waals surface area contributed by atoms with Crippen LogP contribution in [0.4, 0.5) is 0 Å². The lowest BCUT2D eigenvalue weighted by Crippen LogP contribution is -2.31. The molecule has 0 spiro atoms. The number of benzene rings is 2. The largest absolute Gasteiger partial charge is 0.274 e. The second kappa shape index (κ2) is 9.83. The van der Waals surface area contributed by atoms with Gasteiger partial charge >= 0.3 is 0 Å². The van der Waals surface area contributed by atoms with E-state index in [1.165, 1.54) is 24.2 Å². The number of amides is 2. The average Bonchev–Trinajstić information content (AvgIpc) is 3.28. The van der Waals surface area contributed by atoms with Gasteiger partial charge in [-0.2, -0.15) is 0 Å². The summed E-state index contributed by atoms with van der Waals surface area (Å²) in [6.45, 7) is 6.81. The van der Waals surface area contributed by atoms with Gasteiger partial charge in [-0.05, 0) is 31.4 Å². The van der Waals surface area contributed by atoms with Crippen molar-refractivity contribution < 1.29 is 9.59 Å². The van der Waals surface area contributed by atoms with Gasteiger partial charge in [0.25, 0.3) is 11.8 Å². The third-order valence-corrected chi connectivity index (χ3v) is 7.41. The van der Waals surface area contributed by atoms with Crippen LogP contribution in [0.15, 0.2) is 48.5 Å². The molecule has 0 unspecified atom stereocenters. The molecule has 2 aromatic carbocycles. The minimum atomic E-state index is -0.134. The van der Waals surface area contributed by atoms with Crippen molar-refractivity contribution in [1.82, 2.24) is 4.90 Å². The van der Waals surface area contributed by atoms with Gasteiger partial charge in [0.2, 0.25) is 0 Å². The minimum absolute atomic E-state index is 0.134. The summed E-state index contributed by atoms with van der Waals surface area (Å²) < 4.78 is 0. The summed E-state index contributed by atoms with van der Waals surface area (Å²) in [4.78, 5) is 30.2. The molecule has 4 heteroatoms. The Balaban J connectivity index is 1.70. The molecule has 0 N–H and O–H groups in total. The molecule has 32 heavy (non-hydrogen) atoms. The van der Waals surface area contributed by atoms with Crippen LogP contribution in [0.25, 0.3) is 20.9 Å². The van der Waals surface area contributed by atoms with Gasteiger partial charge < -0.3 is 0 Å². The van der Waals surface area contributed by atoms with Crippen molar-refractivity contribution in [3.8, 4) is 20.9 Å². The Labute approximate surface area is 195 Å². The number of aryl methyl sites for hydroxylation is 2. The van der Waals surface area contributed by atoms with Crippen LogP contribution in [-0.4, -0.2) is 23.3 Å². The number of imide groups is 1. The first-order valence-electron chi connectivity index (χ1n) is 11.7. The zero-order valence-corrected chi connectivity index (χ0v) is 20.1. The molecule has 1 aliphatic heterocycles. The van der Waals surface area contributed by atoms with Crippen molar-refractivity contribution in [2.75, 3.05) is 6.54 Å². The Morgan fingerprint density at radius 2 is 1.22 bits per heavy atom. The van der Waals surface area contributed by atoms with Crippen LogP contribution in [0.5, 0.6) is 0 Å². The molecule has 1 aliphatic rings. The van der Waals surface area contributed by atoms with Gasteiger partial charge in [0, 0.05) is 16.3 Å². The van der Waals surface area contributed by atoms with Crippen molar-refractivity contribution in [2.24, 2.45) is 0 Å². The smallest absolute Gasteiger partial charge is 0.263 e. The molecular formula is C28H31NO2S. The van der Waals surface area contributed by atoms with E-state index in [0.29, 0.717) is 17.7 Å². The molecule has 3 aromatic rings. The number of rotatable bonds is 9.